The molecular weight excluding hydrogens is 328 g/mol. The summed E-state index contributed by atoms with van der Waals surface area (Å²) in [7, 11) is 0. The molecule has 100 valence electrons. The van der Waals surface area contributed by atoms with Gasteiger partial charge < -0.3 is 15.2 Å². The van der Waals surface area contributed by atoms with Crippen LogP contribution in [-0.2, 0) is 4.79 Å². The summed E-state index contributed by atoms with van der Waals surface area (Å²) in [5, 5.41) is 32.6. The van der Waals surface area contributed by atoms with Gasteiger partial charge in [0.2, 0.25) is 0 Å². The normalized spacial score (nSPS) is 10.9. The van der Waals surface area contributed by atoms with Crippen LogP contribution in [0.3, 0.4) is 0 Å². The lowest BCUT2D eigenvalue weighted by Crippen LogP contribution is -2.23. The van der Waals surface area contributed by atoms with Crippen LogP contribution in [0.4, 0.5) is 11.4 Å². The lowest BCUT2D eigenvalue weighted by Gasteiger charge is -1.99. The molecule has 0 aliphatic carbocycles. The molecule has 11 heteroatoms. The molecule has 0 amide bonds. The van der Waals surface area contributed by atoms with Crippen LogP contribution in [-0.4, -0.2) is 26.8 Å². The van der Waals surface area contributed by atoms with Crippen LogP contribution < -0.4 is 5.43 Å². The third-order valence-corrected chi connectivity index (χ3v) is 2.30. The molecule has 0 radical (unpaired) electrons. The first-order chi connectivity index (χ1) is 8.82. The first-order valence-corrected chi connectivity index (χ1v) is 5.27. The zero-order chi connectivity index (χ0) is 14.6. The Morgan fingerprint density at radius 2 is 2.00 bits per heavy atom. The summed E-state index contributed by atoms with van der Waals surface area (Å²) >= 11 is 3.02. The molecule has 0 unspecified atom stereocenters. The van der Waals surface area contributed by atoms with Gasteiger partial charge in [0, 0.05) is 10.5 Å². The van der Waals surface area contributed by atoms with Crippen LogP contribution in [0.15, 0.2) is 27.8 Å². The van der Waals surface area contributed by atoms with Gasteiger partial charge in [0.1, 0.15) is 0 Å². The van der Waals surface area contributed by atoms with Crippen molar-refractivity contribution in [2.45, 2.75) is 0 Å². The maximum atomic E-state index is 10.7. The summed E-state index contributed by atoms with van der Waals surface area (Å²) in [6.45, 7) is 0. The minimum atomic E-state index is -1.86. The summed E-state index contributed by atoms with van der Waals surface area (Å²) in [5.41, 5.74) is 1.40. The molecule has 0 saturated carbocycles. The van der Waals surface area contributed by atoms with Crippen LogP contribution in [0.5, 0.6) is 0 Å². The van der Waals surface area contributed by atoms with Crippen molar-refractivity contribution in [3.63, 3.8) is 0 Å². The number of halogens is 1. The van der Waals surface area contributed by atoms with Crippen LogP contribution >= 0.6 is 15.9 Å². The highest BCUT2D eigenvalue weighted by atomic mass is 79.9. The number of hydrazone groups is 1. The number of nitro groups is 2. The Kier molecular flexibility index (Phi) is 4.47. The minimum absolute atomic E-state index is 0.172. The summed E-state index contributed by atoms with van der Waals surface area (Å²) in [6.07, 6.45) is 0. The third kappa shape index (κ3) is 3.70. The molecule has 10 nitrogen and oxygen atoms in total. The van der Waals surface area contributed by atoms with Crippen molar-refractivity contribution in [3.05, 3.63) is 42.9 Å². The van der Waals surface area contributed by atoms with Crippen molar-refractivity contribution in [1.29, 1.82) is 0 Å². The van der Waals surface area contributed by atoms with Gasteiger partial charge >= 0.3 is 11.8 Å². The van der Waals surface area contributed by atoms with E-state index in [0.717, 1.165) is 6.07 Å². The molecule has 19 heavy (non-hydrogen) atoms. The predicted molar refractivity (Wildman–Crippen MR) is 66.5 cm³/mol. The van der Waals surface area contributed by atoms with Crippen molar-refractivity contribution in [1.82, 2.24) is 0 Å². The number of hydrogen-bond acceptors (Lipinski definition) is 7. The third-order valence-electron chi connectivity index (χ3n) is 1.80. The number of benzene rings is 1. The van der Waals surface area contributed by atoms with Crippen molar-refractivity contribution in [3.8, 4) is 0 Å². The monoisotopic (exact) mass is 332 g/mol. The molecule has 1 aromatic rings. The predicted octanol–water partition coefficient (Wildman–Crippen LogP) is 1.44. The molecule has 0 atom stereocenters. The molecule has 0 aromatic heterocycles. The van der Waals surface area contributed by atoms with Crippen LogP contribution in [0.1, 0.15) is 0 Å². The lowest BCUT2D eigenvalue weighted by molar-refractivity contribution is -0.384. The first-order valence-electron chi connectivity index (χ1n) is 4.48. The number of hydrogen-bond donors (Lipinski definition) is 2. The molecule has 1 aromatic carbocycles. The quantitative estimate of drug-likeness (QED) is 0.368. The number of carboxylic acid groups (broad SMARTS) is 1. The average molecular weight is 333 g/mol. The highest BCUT2D eigenvalue weighted by molar-refractivity contribution is 9.10. The first kappa shape index (κ1) is 14.5. The summed E-state index contributed by atoms with van der Waals surface area (Å²) in [6, 6.07) is 3.80. The maximum Gasteiger partial charge on any atom is 0.473 e. The van der Waals surface area contributed by atoms with E-state index < -0.39 is 27.3 Å². The molecule has 0 spiro atoms. The van der Waals surface area contributed by atoms with Crippen molar-refractivity contribution < 1.29 is 19.7 Å². The Labute approximate surface area is 113 Å². The van der Waals surface area contributed by atoms with Gasteiger partial charge in [-0.2, -0.15) is 5.43 Å². The SMILES string of the molecule is O=C(O)C(=NNc1ccc(Br)cc1[N+](=O)[O-])[N+](=O)[O-]. The molecular formula is C8H5BrN4O6. The summed E-state index contributed by atoms with van der Waals surface area (Å²) < 4.78 is 0.418. The molecule has 0 fully saturated rings. The van der Waals surface area contributed by atoms with Gasteiger partial charge in [0.15, 0.2) is 5.69 Å². The number of rotatable bonds is 3. The van der Waals surface area contributed by atoms with E-state index >= 15 is 0 Å². The van der Waals surface area contributed by atoms with Gasteiger partial charge in [0.25, 0.3) is 5.69 Å². The van der Waals surface area contributed by atoms with Crippen molar-refractivity contribution in [2.24, 2.45) is 5.10 Å². The van der Waals surface area contributed by atoms with Gasteiger partial charge in [-0.1, -0.05) is 15.9 Å². The van der Waals surface area contributed by atoms with E-state index in [1.54, 1.807) is 0 Å². The smallest absolute Gasteiger partial charge is 0.472 e. The molecule has 0 aliphatic rings. The molecule has 0 bridgehead atoms. The number of amidine groups is 1. The molecule has 0 heterocycles. The van der Waals surface area contributed by atoms with Gasteiger partial charge in [-0.15, -0.1) is 0 Å². The van der Waals surface area contributed by atoms with E-state index in [4.69, 9.17) is 5.11 Å². The van der Waals surface area contributed by atoms with Crippen LogP contribution in [0, 0.1) is 20.2 Å². The second kappa shape index (κ2) is 5.86. The molecule has 1 rings (SSSR count). The molecule has 0 saturated heterocycles. The van der Waals surface area contributed by atoms with Crippen molar-refractivity contribution in [2.75, 3.05) is 5.43 Å². The second-order valence-electron chi connectivity index (χ2n) is 3.03. The maximum absolute atomic E-state index is 10.7. The zero-order valence-electron chi connectivity index (χ0n) is 8.94. The van der Waals surface area contributed by atoms with Gasteiger partial charge in [-0.05, 0) is 17.1 Å². The van der Waals surface area contributed by atoms with Gasteiger partial charge in [0.05, 0.1) is 10.0 Å². The Morgan fingerprint density at radius 3 is 2.47 bits per heavy atom. The highest BCUT2D eigenvalue weighted by Crippen LogP contribution is 2.27. The van der Waals surface area contributed by atoms with E-state index in [0.29, 0.717) is 4.47 Å². The highest BCUT2D eigenvalue weighted by Gasteiger charge is 2.24. The fourth-order valence-corrected chi connectivity index (χ4v) is 1.38. The van der Waals surface area contributed by atoms with Gasteiger partial charge in [-0.25, -0.2) is 4.79 Å². The Hall–Kier alpha value is -2.56. The summed E-state index contributed by atoms with van der Waals surface area (Å²) in [4.78, 5) is 29.6. The van der Waals surface area contributed by atoms with E-state index in [1.165, 1.54) is 12.1 Å². The van der Waals surface area contributed by atoms with E-state index in [2.05, 4.69) is 21.0 Å². The largest absolute Gasteiger partial charge is 0.473 e. The lowest BCUT2D eigenvalue weighted by atomic mass is 10.3. The molecule has 2 N–H and O–H groups in total. The van der Waals surface area contributed by atoms with E-state index in [9.17, 15) is 25.0 Å². The van der Waals surface area contributed by atoms with E-state index in [1.807, 2.05) is 5.43 Å². The number of carbonyl (C=O) groups is 1. The molecule has 0 aliphatic heterocycles. The number of nitro benzene ring substituents is 1. The van der Waals surface area contributed by atoms with Gasteiger partial charge in [-0.3, -0.25) is 10.1 Å². The Morgan fingerprint density at radius 1 is 1.37 bits per heavy atom. The standard InChI is InChI=1S/C8H5BrN4O6/c9-4-1-2-5(6(3-4)12(16)17)10-11-7(8(14)15)13(18)19/h1-3,10H,(H,14,15). The minimum Gasteiger partial charge on any atom is -0.472 e. The number of carboxylic acids is 1. The number of anilines is 1. The Bertz CT molecular complexity index is 571. The fraction of sp³-hybridized carbons (Fsp3) is 0. The van der Waals surface area contributed by atoms with E-state index in [-0.39, 0.29) is 5.69 Å². The topological polar surface area (TPSA) is 148 Å². The number of nitrogens with zero attached hydrogens (tertiary/aromatic N) is 3. The summed E-state index contributed by atoms with van der Waals surface area (Å²) in [5.74, 6) is -3.24. The van der Waals surface area contributed by atoms with Crippen molar-refractivity contribution >= 4 is 39.1 Å². The number of nitrogens with one attached hydrogen (secondary N) is 1. The second-order valence-corrected chi connectivity index (χ2v) is 3.94. The Balaban J connectivity index is 3.13. The number of aliphatic carboxylic acids is 1. The van der Waals surface area contributed by atoms with Crippen LogP contribution in [0.25, 0.3) is 0 Å². The zero-order valence-corrected chi connectivity index (χ0v) is 10.5. The van der Waals surface area contributed by atoms with Crippen LogP contribution in [0.2, 0.25) is 0 Å². The average Bonchev–Trinajstić information content (AvgIpc) is 2.29. The fourth-order valence-electron chi connectivity index (χ4n) is 1.03.